The van der Waals surface area contributed by atoms with E-state index in [1.165, 1.54) is 25.7 Å². The Morgan fingerprint density at radius 2 is 2.05 bits per heavy atom. The highest BCUT2D eigenvalue weighted by atomic mass is 16.3. The second-order valence-electron chi connectivity index (χ2n) is 6.04. The number of hydrogen-bond donors (Lipinski definition) is 3. The number of hydrogen-bond acceptors (Lipinski definition) is 3. The smallest absolute Gasteiger partial charge is 0.0781 e. The molecule has 0 spiro atoms. The quantitative estimate of drug-likeness (QED) is 0.771. The molecule has 3 atom stereocenters. The number of aliphatic hydroxyl groups excluding tert-OH is 1. The molecule has 20 heavy (non-hydrogen) atoms. The molecule has 3 nitrogen and oxygen atoms in total. The van der Waals surface area contributed by atoms with Crippen LogP contribution in [-0.4, -0.2) is 23.7 Å². The highest BCUT2D eigenvalue weighted by molar-refractivity contribution is 5.52. The normalized spacial score (nSPS) is 22.9. The van der Waals surface area contributed by atoms with Crippen molar-refractivity contribution in [2.45, 2.75) is 64.1 Å². The van der Waals surface area contributed by atoms with Crippen LogP contribution in [0.15, 0.2) is 24.3 Å². The van der Waals surface area contributed by atoms with Crippen molar-refractivity contribution in [3.8, 4) is 0 Å². The molecule has 112 valence electrons. The summed E-state index contributed by atoms with van der Waals surface area (Å²) in [4.78, 5) is 0. The summed E-state index contributed by atoms with van der Waals surface area (Å²) < 4.78 is 0. The third-order valence-corrected chi connectivity index (χ3v) is 4.11. The molecule has 0 aromatic heterocycles. The molecule has 2 rings (SSSR count). The molecule has 0 saturated carbocycles. The van der Waals surface area contributed by atoms with Crippen LogP contribution in [0.1, 0.15) is 57.6 Å². The van der Waals surface area contributed by atoms with Crippen LogP contribution in [0.2, 0.25) is 0 Å². The van der Waals surface area contributed by atoms with Crippen molar-refractivity contribution in [1.82, 2.24) is 5.32 Å². The standard InChI is InChI=1S/C17H28N2O/c1-13(12-15-8-4-3-7-11-18-15)19-17-10-6-5-9-16(17)14(2)20/h5-6,9-10,13-15,18-20H,3-4,7-8,11-12H2,1-2H3. The summed E-state index contributed by atoms with van der Waals surface area (Å²) in [6.45, 7) is 5.20. The topological polar surface area (TPSA) is 44.3 Å². The Morgan fingerprint density at radius 3 is 2.85 bits per heavy atom. The molecular weight excluding hydrogens is 248 g/mol. The zero-order valence-corrected chi connectivity index (χ0v) is 12.7. The van der Waals surface area contributed by atoms with Crippen molar-refractivity contribution in [1.29, 1.82) is 0 Å². The van der Waals surface area contributed by atoms with Gasteiger partial charge in [0.25, 0.3) is 0 Å². The number of rotatable bonds is 5. The predicted octanol–water partition coefficient (Wildman–Crippen LogP) is 3.46. The lowest BCUT2D eigenvalue weighted by Crippen LogP contribution is -2.33. The van der Waals surface area contributed by atoms with E-state index < -0.39 is 6.10 Å². The molecule has 1 saturated heterocycles. The Kier molecular flexibility index (Phi) is 5.86. The Hall–Kier alpha value is -1.06. The maximum Gasteiger partial charge on any atom is 0.0781 e. The fraction of sp³-hybridized carbons (Fsp3) is 0.647. The zero-order chi connectivity index (χ0) is 14.4. The van der Waals surface area contributed by atoms with Gasteiger partial charge in [-0.15, -0.1) is 0 Å². The molecule has 1 aromatic carbocycles. The Bertz CT molecular complexity index is 398. The Morgan fingerprint density at radius 1 is 1.25 bits per heavy atom. The SMILES string of the molecule is CC(CC1CCCCCN1)Nc1ccccc1C(C)O. The van der Waals surface area contributed by atoms with Gasteiger partial charge in [-0.25, -0.2) is 0 Å². The number of benzene rings is 1. The van der Waals surface area contributed by atoms with E-state index in [1.54, 1.807) is 0 Å². The van der Waals surface area contributed by atoms with Gasteiger partial charge in [0, 0.05) is 23.3 Å². The highest BCUT2D eigenvalue weighted by Crippen LogP contribution is 2.24. The summed E-state index contributed by atoms with van der Waals surface area (Å²) in [7, 11) is 0. The van der Waals surface area contributed by atoms with Crippen molar-refractivity contribution in [3.63, 3.8) is 0 Å². The van der Waals surface area contributed by atoms with Gasteiger partial charge < -0.3 is 15.7 Å². The fourth-order valence-corrected chi connectivity index (χ4v) is 3.05. The lowest BCUT2D eigenvalue weighted by molar-refractivity contribution is 0.200. The minimum Gasteiger partial charge on any atom is -0.389 e. The predicted molar refractivity (Wildman–Crippen MR) is 85.0 cm³/mol. The van der Waals surface area contributed by atoms with E-state index in [1.807, 2.05) is 25.1 Å². The van der Waals surface area contributed by atoms with E-state index >= 15 is 0 Å². The average Bonchev–Trinajstić information content (AvgIpc) is 2.67. The van der Waals surface area contributed by atoms with E-state index in [-0.39, 0.29) is 0 Å². The maximum atomic E-state index is 9.82. The molecule has 1 aliphatic heterocycles. The van der Waals surface area contributed by atoms with Gasteiger partial charge in [0.05, 0.1) is 6.10 Å². The Labute approximate surface area is 122 Å². The van der Waals surface area contributed by atoms with Crippen LogP contribution in [0.4, 0.5) is 5.69 Å². The molecule has 0 amide bonds. The van der Waals surface area contributed by atoms with E-state index in [2.05, 4.69) is 23.6 Å². The molecule has 0 aliphatic carbocycles. The molecule has 0 bridgehead atoms. The number of para-hydroxylation sites is 1. The van der Waals surface area contributed by atoms with Gasteiger partial charge in [0.2, 0.25) is 0 Å². The molecule has 3 unspecified atom stereocenters. The molecule has 1 heterocycles. The van der Waals surface area contributed by atoms with Crippen LogP contribution in [0, 0.1) is 0 Å². The molecule has 3 N–H and O–H groups in total. The van der Waals surface area contributed by atoms with Crippen molar-refractivity contribution >= 4 is 5.69 Å². The van der Waals surface area contributed by atoms with Crippen LogP contribution in [-0.2, 0) is 0 Å². The lowest BCUT2D eigenvalue weighted by atomic mass is 10.0. The first kappa shape index (κ1) is 15.3. The van der Waals surface area contributed by atoms with E-state index in [0.29, 0.717) is 12.1 Å². The van der Waals surface area contributed by atoms with Gasteiger partial charge in [-0.05, 0) is 45.7 Å². The first-order valence-electron chi connectivity index (χ1n) is 7.93. The average molecular weight is 276 g/mol. The maximum absolute atomic E-state index is 9.82. The largest absolute Gasteiger partial charge is 0.389 e. The summed E-state index contributed by atoms with van der Waals surface area (Å²) in [5.41, 5.74) is 2.04. The van der Waals surface area contributed by atoms with Gasteiger partial charge in [0.15, 0.2) is 0 Å². The van der Waals surface area contributed by atoms with Crippen molar-refractivity contribution in [2.24, 2.45) is 0 Å². The summed E-state index contributed by atoms with van der Waals surface area (Å²) in [5, 5.41) is 17.0. The molecule has 1 aliphatic rings. The number of nitrogens with one attached hydrogen (secondary N) is 2. The van der Waals surface area contributed by atoms with E-state index in [4.69, 9.17) is 0 Å². The number of anilines is 1. The highest BCUT2D eigenvalue weighted by Gasteiger charge is 2.16. The first-order chi connectivity index (χ1) is 9.66. The van der Waals surface area contributed by atoms with Gasteiger partial charge in [0.1, 0.15) is 0 Å². The number of aliphatic hydroxyl groups is 1. The summed E-state index contributed by atoms with van der Waals surface area (Å²) in [6, 6.07) is 9.07. The summed E-state index contributed by atoms with van der Waals surface area (Å²) in [6.07, 6.45) is 5.99. The van der Waals surface area contributed by atoms with Crippen LogP contribution >= 0.6 is 0 Å². The fourth-order valence-electron chi connectivity index (χ4n) is 3.05. The molecule has 1 aromatic rings. The van der Waals surface area contributed by atoms with E-state index in [0.717, 1.165) is 24.2 Å². The van der Waals surface area contributed by atoms with Gasteiger partial charge in [-0.2, -0.15) is 0 Å². The lowest BCUT2D eigenvalue weighted by Gasteiger charge is -2.24. The van der Waals surface area contributed by atoms with Gasteiger partial charge in [-0.1, -0.05) is 31.0 Å². The molecule has 1 fully saturated rings. The Balaban J connectivity index is 1.92. The molecule has 3 heteroatoms. The second-order valence-corrected chi connectivity index (χ2v) is 6.04. The van der Waals surface area contributed by atoms with Crippen LogP contribution < -0.4 is 10.6 Å². The second kappa shape index (κ2) is 7.65. The van der Waals surface area contributed by atoms with Crippen molar-refractivity contribution in [2.75, 3.05) is 11.9 Å². The van der Waals surface area contributed by atoms with Gasteiger partial charge >= 0.3 is 0 Å². The molecule has 0 radical (unpaired) electrons. The summed E-state index contributed by atoms with van der Waals surface area (Å²) in [5.74, 6) is 0. The molecular formula is C17H28N2O. The minimum atomic E-state index is -0.429. The van der Waals surface area contributed by atoms with Crippen LogP contribution in [0.5, 0.6) is 0 Å². The third-order valence-electron chi connectivity index (χ3n) is 4.11. The monoisotopic (exact) mass is 276 g/mol. The van der Waals surface area contributed by atoms with Crippen LogP contribution in [0.25, 0.3) is 0 Å². The van der Waals surface area contributed by atoms with E-state index in [9.17, 15) is 5.11 Å². The third kappa shape index (κ3) is 4.50. The first-order valence-corrected chi connectivity index (χ1v) is 7.93. The zero-order valence-electron chi connectivity index (χ0n) is 12.7. The minimum absolute atomic E-state index is 0.408. The van der Waals surface area contributed by atoms with Gasteiger partial charge in [-0.3, -0.25) is 0 Å². The van der Waals surface area contributed by atoms with Crippen LogP contribution in [0.3, 0.4) is 0 Å². The van der Waals surface area contributed by atoms with Crippen molar-refractivity contribution < 1.29 is 5.11 Å². The van der Waals surface area contributed by atoms with Crippen molar-refractivity contribution in [3.05, 3.63) is 29.8 Å². The summed E-state index contributed by atoms with van der Waals surface area (Å²) >= 11 is 0.